The van der Waals surface area contributed by atoms with E-state index in [1.807, 2.05) is 16.7 Å². The molecule has 0 bridgehead atoms. The highest BCUT2D eigenvalue weighted by Crippen LogP contribution is 2.46. The summed E-state index contributed by atoms with van der Waals surface area (Å²) < 4.78 is 30.0. The van der Waals surface area contributed by atoms with Gasteiger partial charge in [-0.05, 0) is 24.1 Å². The highest BCUT2D eigenvalue weighted by Gasteiger charge is 2.41. The van der Waals surface area contributed by atoms with Crippen molar-refractivity contribution >= 4 is 5.97 Å². The Morgan fingerprint density at radius 3 is 2.46 bits per heavy atom. The Hall–Kier alpha value is -2.88. The first-order valence-corrected chi connectivity index (χ1v) is 11.5. The van der Waals surface area contributed by atoms with Crippen LogP contribution in [0.15, 0.2) is 29.2 Å². The Kier molecular flexibility index (Phi) is 6.95. The monoisotopic (exact) mass is 487 g/mol. The van der Waals surface area contributed by atoms with E-state index in [2.05, 4.69) is 13.8 Å². The molecule has 9 heteroatoms. The number of carboxylic acids is 1. The van der Waals surface area contributed by atoms with Crippen molar-refractivity contribution in [1.82, 2.24) is 4.57 Å². The summed E-state index contributed by atoms with van der Waals surface area (Å²) in [7, 11) is 4.88. The summed E-state index contributed by atoms with van der Waals surface area (Å²) in [5.41, 5.74) is 1.11. The topological polar surface area (TPSA) is 105 Å². The summed E-state index contributed by atoms with van der Waals surface area (Å²) in [6.07, 6.45) is 2.06. The molecule has 35 heavy (non-hydrogen) atoms. The van der Waals surface area contributed by atoms with E-state index in [-0.39, 0.29) is 22.4 Å². The minimum Gasteiger partial charge on any atom is -0.493 e. The van der Waals surface area contributed by atoms with Crippen molar-refractivity contribution in [3.63, 3.8) is 0 Å². The van der Waals surface area contributed by atoms with E-state index in [0.29, 0.717) is 56.6 Å². The fourth-order valence-electron chi connectivity index (χ4n) is 5.03. The van der Waals surface area contributed by atoms with Crippen molar-refractivity contribution in [2.24, 2.45) is 10.8 Å². The van der Waals surface area contributed by atoms with Crippen molar-refractivity contribution in [3.8, 4) is 22.8 Å². The molecule has 2 aliphatic rings. The van der Waals surface area contributed by atoms with Gasteiger partial charge in [0.1, 0.15) is 12.2 Å². The molecule has 1 unspecified atom stereocenters. The molecule has 0 spiro atoms. The summed E-state index contributed by atoms with van der Waals surface area (Å²) >= 11 is 0. The molecule has 2 aromatic rings. The zero-order chi connectivity index (χ0) is 25.4. The Labute approximate surface area is 204 Å². The first kappa shape index (κ1) is 25.2. The second-order valence-electron chi connectivity index (χ2n) is 10.2. The van der Waals surface area contributed by atoms with Gasteiger partial charge in [0.15, 0.2) is 16.9 Å². The van der Waals surface area contributed by atoms with Gasteiger partial charge in [0, 0.05) is 43.5 Å². The number of ether oxygens (including phenoxy) is 5. The van der Waals surface area contributed by atoms with Gasteiger partial charge in [0.25, 0.3) is 0 Å². The Morgan fingerprint density at radius 2 is 1.89 bits per heavy atom. The van der Waals surface area contributed by atoms with Gasteiger partial charge in [-0.3, -0.25) is 4.79 Å². The summed E-state index contributed by atoms with van der Waals surface area (Å²) in [5, 5.41) is 9.57. The quantitative estimate of drug-likeness (QED) is 0.545. The summed E-state index contributed by atoms with van der Waals surface area (Å²) in [6.45, 7) is 6.70. The summed E-state index contributed by atoms with van der Waals surface area (Å²) in [6, 6.07) is 5.07. The number of hydrogen-bond donors (Lipinski definition) is 1. The Bertz CT molecular complexity index is 1160. The number of aromatic nitrogens is 1. The van der Waals surface area contributed by atoms with Gasteiger partial charge in [-0.25, -0.2) is 4.79 Å². The molecule has 1 fully saturated rings. The molecule has 0 aliphatic carbocycles. The smallest absolute Gasteiger partial charge is 0.341 e. The number of carboxylic acid groups (broad SMARTS) is 1. The summed E-state index contributed by atoms with van der Waals surface area (Å²) in [5.74, 6) is -0.104. The van der Waals surface area contributed by atoms with Crippen LogP contribution in [0.5, 0.6) is 11.5 Å². The van der Waals surface area contributed by atoms with Crippen LogP contribution in [0.3, 0.4) is 0 Å². The molecule has 0 saturated carbocycles. The van der Waals surface area contributed by atoms with Crippen LogP contribution >= 0.6 is 0 Å². The van der Waals surface area contributed by atoms with Crippen LogP contribution in [0, 0.1) is 10.8 Å². The van der Waals surface area contributed by atoms with Crippen LogP contribution in [-0.2, 0) is 20.6 Å². The maximum atomic E-state index is 12.7. The predicted octanol–water partition coefficient (Wildman–Crippen LogP) is 3.03. The Balaban J connectivity index is 1.80. The van der Waals surface area contributed by atoms with Crippen LogP contribution < -0.4 is 14.9 Å². The largest absolute Gasteiger partial charge is 0.493 e. The number of benzene rings is 1. The number of aromatic carboxylic acids is 1. The van der Waals surface area contributed by atoms with Crippen molar-refractivity contribution in [1.29, 1.82) is 0 Å². The van der Waals surface area contributed by atoms with Crippen LogP contribution in [-0.4, -0.2) is 70.0 Å². The molecule has 1 aromatic heterocycles. The molecule has 2 aliphatic heterocycles. The lowest BCUT2D eigenvalue weighted by Gasteiger charge is -2.41. The first-order valence-electron chi connectivity index (χ1n) is 11.5. The van der Waals surface area contributed by atoms with E-state index < -0.39 is 11.4 Å². The van der Waals surface area contributed by atoms with Gasteiger partial charge >= 0.3 is 5.97 Å². The zero-order valence-electron chi connectivity index (χ0n) is 20.9. The normalized spacial score (nSPS) is 18.3. The standard InChI is InChI=1S/C26H33NO8/c1-25(2,11-31-3)23-7-16-6-22(35-15-26(12-32-4)13-34-14-26)21(33-5)8-17(16)19-9-20(28)18(24(29)30)10-27(19)23/h6,8-10,23H,7,11-15H2,1-5H3,(H,29,30). The molecule has 1 saturated heterocycles. The van der Waals surface area contributed by atoms with E-state index in [0.717, 1.165) is 11.1 Å². The lowest BCUT2D eigenvalue weighted by molar-refractivity contribution is -0.159. The lowest BCUT2D eigenvalue weighted by Crippen LogP contribution is -2.50. The SMILES string of the molecule is COCC1(COc2cc3c(cc2OC)-c2cc(=O)c(C(=O)O)cn2C(C(C)(C)COC)C3)COC1. The molecule has 1 atom stereocenters. The second kappa shape index (κ2) is 9.64. The number of nitrogens with zero attached hydrogens (tertiary/aromatic N) is 1. The Morgan fingerprint density at radius 1 is 1.14 bits per heavy atom. The lowest BCUT2D eigenvalue weighted by atomic mass is 9.77. The van der Waals surface area contributed by atoms with Gasteiger partial charge in [0.05, 0.1) is 44.6 Å². The molecule has 1 N–H and O–H groups in total. The van der Waals surface area contributed by atoms with Gasteiger partial charge in [-0.2, -0.15) is 0 Å². The van der Waals surface area contributed by atoms with Gasteiger partial charge < -0.3 is 33.4 Å². The van der Waals surface area contributed by atoms with Crippen molar-refractivity contribution in [2.45, 2.75) is 26.3 Å². The van der Waals surface area contributed by atoms with E-state index in [1.165, 1.54) is 12.3 Å². The highest BCUT2D eigenvalue weighted by atomic mass is 16.5. The van der Waals surface area contributed by atoms with Gasteiger partial charge in [-0.15, -0.1) is 0 Å². The molecule has 1 aromatic carbocycles. The number of methoxy groups -OCH3 is 3. The average molecular weight is 488 g/mol. The van der Waals surface area contributed by atoms with Gasteiger partial charge in [-0.1, -0.05) is 13.8 Å². The van der Waals surface area contributed by atoms with Crippen LogP contribution in [0.2, 0.25) is 0 Å². The van der Waals surface area contributed by atoms with Crippen molar-refractivity contribution in [3.05, 3.63) is 45.7 Å². The van der Waals surface area contributed by atoms with Crippen LogP contribution in [0.25, 0.3) is 11.3 Å². The maximum Gasteiger partial charge on any atom is 0.341 e. The van der Waals surface area contributed by atoms with Crippen molar-refractivity contribution in [2.75, 3.05) is 54.4 Å². The number of pyridine rings is 1. The molecular weight excluding hydrogens is 454 g/mol. The van der Waals surface area contributed by atoms with E-state index in [9.17, 15) is 14.7 Å². The van der Waals surface area contributed by atoms with E-state index in [4.69, 9.17) is 23.7 Å². The molecular formula is C26H33NO8. The molecule has 190 valence electrons. The first-order chi connectivity index (χ1) is 16.6. The van der Waals surface area contributed by atoms with Crippen molar-refractivity contribution < 1.29 is 33.6 Å². The third kappa shape index (κ3) is 4.68. The van der Waals surface area contributed by atoms with Gasteiger partial charge in [0.2, 0.25) is 0 Å². The number of fused-ring (bicyclic) bond motifs is 3. The molecule has 0 amide bonds. The van der Waals surface area contributed by atoms with E-state index in [1.54, 1.807) is 21.3 Å². The number of carbonyl (C=O) groups is 1. The molecule has 9 nitrogen and oxygen atoms in total. The highest BCUT2D eigenvalue weighted by molar-refractivity contribution is 5.88. The zero-order valence-corrected chi connectivity index (χ0v) is 20.9. The number of rotatable bonds is 10. The third-order valence-corrected chi connectivity index (χ3v) is 6.94. The maximum absolute atomic E-state index is 12.7. The minimum absolute atomic E-state index is 0.148. The second-order valence-corrected chi connectivity index (χ2v) is 10.2. The number of hydrogen-bond acceptors (Lipinski definition) is 7. The average Bonchev–Trinajstić information content (AvgIpc) is 2.78. The fraction of sp³-hybridized carbons (Fsp3) is 0.538. The molecule has 0 radical (unpaired) electrons. The van der Waals surface area contributed by atoms with Crippen LogP contribution in [0.4, 0.5) is 0 Å². The third-order valence-electron chi connectivity index (χ3n) is 6.94. The summed E-state index contributed by atoms with van der Waals surface area (Å²) in [4.78, 5) is 24.4. The molecule has 4 rings (SSSR count). The minimum atomic E-state index is -1.24. The van der Waals surface area contributed by atoms with E-state index >= 15 is 0 Å². The predicted molar refractivity (Wildman–Crippen MR) is 129 cm³/mol. The van der Waals surface area contributed by atoms with Crippen LogP contribution in [0.1, 0.15) is 35.8 Å². The fourth-order valence-corrected chi connectivity index (χ4v) is 5.03. The molecule has 3 heterocycles.